The smallest absolute Gasteiger partial charge is 0.335 e. The molecule has 1 heterocycles. The summed E-state index contributed by atoms with van der Waals surface area (Å²) in [6.07, 6.45) is 3.24. The van der Waals surface area contributed by atoms with E-state index in [4.69, 9.17) is 5.11 Å². The van der Waals surface area contributed by atoms with Crippen LogP contribution in [-0.2, 0) is 0 Å². The minimum Gasteiger partial charge on any atom is -0.478 e. The second-order valence-electron chi connectivity index (χ2n) is 3.51. The summed E-state index contributed by atoms with van der Waals surface area (Å²) >= 11 is 0. The molecule has 0 amide bonds. The van der Waals surface area contributed by atoms with Crippen LogP contribution in [-0.4, -0.2) is 22.3 Å². The highest BCUT2D eigenvalue weighted by Gasteiger charge is 2.01. The zero-order valence-electron chi connectivity index (χ0n) is 9.45. The SMILES string of the molecule is O=C(O)c1cccc(NN=Cc2ccccn2)c1. The first-order valence-electron chi connectivity index (χ1n) is 5.29. The molecule has 0 fully saturated rings. The van der Waals surface area contributed by atoms with Crippen molar-refractivity contribution in [2.75, 3.05) is 5.43 Å². The number of nitrogens with zero attached hydrogens (tertiary/aromatic N) is 2. The van der Waals surface area contributed by atoms with Gasteiger partial charge in [-0.2, -0.15) is 5.10 Å². The van der Waals surface area contributed by atoms with Crippen molar-refractivity contribution >= 4 is 17.9 Å². The van der Waals surface area contributed by atoms with Gasteiger partial charge in [-0.3, -0.25) is 10.4 Å². The predicted octanol–water partition coefficient (Wildman–Crippen LogP) is 2.23. The van der Waals surface area contributed by atoms with Crippen LogP contribution in [0.2, 0.25) is 0 Å². The molecule has 0 saturated heterocycles. The van der Waals surface area contributed by atoms with Crippen molar-refractivity contribution in [2.24, 2.45) is 5.10 Å². The van der Waals surface area contributed by atoms with Gasteiger partial charge in [-0.25, -0.2) is 4.79 Å². The molecule has 0 radical (unpaired) electrons. The van der Waals surface area contributed by atoms with Crippen molar-refractivity contribution in [1.82, 2.24) is 4.98 Å². The number of aromatic nitrogens is 1. The van der Waals surface area contributed by atoms with E-state index in [1.807, 2.05) is 18.2 Å². The van der Waals surface area contributed by atoms with Gasteiger partial charge in [0.05, 0.1) is 23.2 Å². The first-order valence-corrected chi connectivity index (χ1v) is 5.29. The fraction of sp³-hybridized carbons (Fsp3) is 0. The third-order valence-corrected chi connectivity index (χ3v) is 2.19. The summed E-state index contributed by atoms with van der Waals surface area (Å²) in [4.78, 5) is 14.8. The van der Waals surface area contributed by atoms with Gasteiger partial charge in [-0.1, -0.05) is 12.1 Å². The minimum atomic E-state index is -0.965. The monoisotopic (exact) mass is 241 g/mol. The number of carbonyl (C=O) groups is 1. The molecule has 2 rings (SSSR count). The van der Waals surface area contributed by atoms with Crippen LogP contribution in [0.5, 0.6) is 0 Å². The fourth-order valence-corrected chi connectivity index (χ4v) is 1.35. The summed E-state index contributed by atoms with van der Waals surface area (Å²) in [5.41, 5.74) is 4.30. The Morgan fingerprint density at radius 1 is 1.28 bits per heavy atom. The van der Waals surface area contributed by atoms with Gasteiger partial charge in [0.25, 0.3) is 0 Å². The maximum atomic E-state index is 10.8. The van der Waals surface area contributed by atoms with Gasteiger partial charge >= 0.3 is 5.97 Å². The highest BCUT2D eigenvalue weighted by Crippen LogP contribution is 2.10. The highest BCUT2D eigenvalue weighted by atomic mass is 16.4. The first-order chi connectivity index (χ1) is 8.75. The zero-order chi connectivity index (χ0) is 12.8. The molecular weight excluding hydrogens is 230 g/mol. The van der Waals surface area contributed by atoms with Crippen molar-refractivity contribution in [1.29, 1.82) is 0 Å². The lowest BCUT2D eigenvalue weighted by molar-refractivity contribution is 0.0697. The molecule has 0 saturated carbocycles. The fourth-order valence-electron chi connectivity index (χ4n) is 1.35. The number of benzene rings is 1. The van der Waals surface area contributed by atoms with E-state index in [1.54, 1.807) is 24.5 Å². The molecule has 0 spiro atoms. The molecule has 90 valence electrons. The molecule has 18 heavy (non-hydrogen) atoms. The molecule has 0 aliphatic carbocycles. The maximum absolute atomic E-state index is 10.8. The van der Waals surface area contributed by atoms with E-state index in [1.165, 1.54) is 12.1 Å². The largest absolute Gasteiger partial charge is 0.478 e. The number of hydrogen-bond donors (Lipinski definition) is 2. The molecule has 1 aromatic heterocycles. The van der Waals surface area contributed by atoms with Gasteiger partial charge in [0.2, 0.25) is 0 Å². The number of pyridine rings is 1. The highest BCUT2D eigenvalue weighted by molar-refractivity contribution is 5.88. The van der Waals surface area contributed by atoms with Gasteiger partial charge in [0.15, 0.2) is 0 Å². The molecule has 0 aliphatic rings. The number of hydrazone groups is 1. The summed E-state index contributed by atoms with van der Waals surface area (Å²) < 4.78 is 0. The Morgan fingerprint density at radius 2 is 2.17 bits per heavy atom. The van der Waals surface area contributed by atoms with Crippen molar-refractivity contribution in [3.05, 3.63) is 59.9 Å². The van der Waals surface area contributed by atoms with E-state index >= 15 is 0 Å². The number of rotatable bonds is 4. The van der Waals surface area contributed by atoms with Gasteiger partial charge in [0, 0.05) is 6.20 Å². The first kappa shape index (κ1) is 11.8. The molecule has 1 aromatic carbocycles. The topological polar surface area (TPSA) is 74.6 Å². The van der Waals surface area contributed by atoms with E-state index < -0.39 is 5.97 Å². The average Bonchev–Trinajstić information content (AvgIpc) is 2.40. The van der Waals surface area contributed by atoms with Crippen LogP contribution in [0.3, 0.4) is 0 Å². The van der Waals surface area contributed by atoms with Crippen LogP contribution in [0.4, 0.5) is 5.69 Å². The maximum Gasteiger partial charge on any atom is 0.335 e. The van der Waals surface area contributed by atoms with Crippen LogP contribution < -0.4 is 5.43 Å². The van der Waals surface area contributed by atoms with Crippen molar-refractivity contribution < 1.29 is 9.90 Å². The Balaban J connectivity index is 2.04. The summed E-state index contributed by atoms with van der Waals surface area (Å²) in [6.45, 7) is 0. The van der Waals surface area contributed by atoms with E-state index in [0.717, 1.165) is 5.69 Å². The van der Waals surface area contributed by atoms with E-state index in [2.05, 4.69) is 15.5 Å². The molecular formula is C13H11N3O2. The Morgan fingerprint density at radius 3 is 2.89 bits per heavy atom. The predicted molar refractivity (Wildman–Crippen MR) is 68.9 cm³/mol. The van der Waals surface area contributed by atoms with Gasteiger partial charge in [-0.05, 0) is 30.3 Å². The lowest BCUT2D eigenvalue weighted by atomic mass is 10.2. The number of carboxylic acid groups (broad SMARTS) is 1. The number of carboxylic acids is 1. The van der Waals surface area contributed by atoms with Gasteiger partial charge in [0.1, 0.15) is 0 Å². The summed E-state index contributed by atoms with van der Waals surface area (Å²) in [6, 6.07) is 11.9. The second kappa shape index (κ2) is 5.58. The molecule has 5 nitrogen and oxygen atoms in total. The molecule has 2 aromatic rings. The van der Waals surface area contributed by atoms with Crippen LogP contribution in [0.25, 0.3) is 0 Å². The molecule has 0 bridgehead atoms. The van der Waals surface area contributed by atoms with E-state index in [0.29, 0.717) is 5.69 Å². The van der Waals surface area contributed by atoms with Crippen molar-refractivity contribution in [3.63, 3.8) is 0 Å². The van der Waals surface area contributed by atoms with Crippen LogP contribution in [0, 0.1) is 0 Å². The molecule has 2 N–H and O–H groups in total. The molecule has 5 heteroatoms. The van der Waals surface area contributed by atoms with Crippen LogP contribution in [0.15, 0.2) is 53.8 Å². The minimum absolute atomic E-state index is 0.216. The Labute approximate surface area is 104 Å². The number of aromatic carboxylic acids is 1. The Hall–Kier alpha value is -2.69. The summed E-state index contributed by atoms with van der Waals surface area (Å²) in [5.74, 6) is -0.965. The molecule has 0 unspecified atom stereocenters. The third kappa shape index (κ3) is 3.15. The van der Waals surface area contributed by atoms with E-state index in [-0.39, 0.29) is 5.56 Å². The quantitative estimate of drug-likeness (QED) is 0.635. The summed E-state index contributed by atoms with van der Waals surface area (Å²) in [5, 5.41) is 12.8. The van der Waals surface area contributed by atoms with Gasteiger partial charge in [-0.15, -0.1) is 0 Å². The second-order valence-corrected chi connectivity index (χ2v) is 3.51. The third-order valence-electron chi connectivity index (χ3n) is 2.19. The average molecular weight is 241 g/mol. The molecule has 0 aliphatic heterocycles. The van der Waals surface area contributed by atoms with Gasteiger partial charge < -0.3 is 5.11 Å². The van der Waals surface area contributed by atoms with Crippen molar-refractivity contribution in [2.45, 2.75) is 0 Å². The summed E-state index contributed by atoms with van der Waals surface area (Å²) in [7, 11) is 0. The lowest BCUT2D eigenvalue weighted by Crippen LogP contribution is -1.98. The Bertz CT molecular complexity index is 567. The zero-order valence-corrected chi connectivity index (χ0v) is 9.45. The molecule has 0 atom stereocenters. The Kier molecular flexibility index (Phi) is 3.66. The van der Waals surface area contributed by atoms with E-state index in [9.17, 15) is 4.79 Å². The van der Waals surface area contributed by atoms with Crippen LogP contribution >= 0.6 is 0 Å². The number of hydrogen-bond acceptors (Lipinski definition) is 4. The normalized spacial score (nSPS) is 10.4. The van der Waals surface area contributed by atoms with Crippen molar-refractivity contribution in [3.8, 4) is 0 Å². The van der Waals surface area contributed by atoms with Crippen LogP contribution in [0.1, 0.15) is 16.1 Å². The number of nitrogens with one attached hydrogen (secondary N) is 1. The standard InChI is InChI=1S/C13H11N3O2/c17-13(18)10-4-3-6-11(8-10)16-15-9-12-5-1-2-7-14-12/h1-9,16H,(H,17,18). The number of anilines is 1. The lowest BCUT2D eigenvalue weighted by Gasteiger charge is -2.01.